The summed E-state index contributed by atoms with van der Waals surface area (Å²) in [5.74, 6) is 0. The SMILES string of the molecule is CCNc1c(CC)c(C)nc2c(Cl)cc(Cl)cc12. The number of hydrogen-bond donors (Lipinski definition) is 1. The third kappa shape index (κ3) is 2.27. The van der Waals surface area contributed by atoms with Gasteiger partial charge in [-0.05, 0) is 38.0 Å². The van der Waals surface area contributed by atoms with Gasteiger partial charge in [-0.25, -0.2) is 0 Å². The normalized spacial score (nSPS) is 10.9. The van der Waals surface area contributed by atoms with Crippen LogP contribution in [0.15, 0.2) is 12.1 Å². The number of fused-ring (bicyclic) bond motifs is 1. The van der Waals surface area contributed by atoms with Gasteiger partial charge in [0.25, 0.3) is 0 Å². The highest BCUT2D eigenvalue weighted by Gasteiger charge is 2.13. The summed E-state index contributed by atoms with van der Waals surface area (Å²) in [6.45, 7) is 7.08. The largest absolute Gasteiger partial charge is 0.384 e. The van der Waals surface area contributed by atoms with Crippen LogP contribution in [0.1, 0.15) is 25.1 Å². The summed E-state index contributed by atoms with van der Waals surface area (Å²) in [4.78, 5) is 4.60. The first kappa shape index (κ1) is 13.4. The predicted octanol–water partition coefficient (Wildman–Crippen LogP) is 4.84. The Morgan fingerprint density at radius 3 is 2.56 bits per heavy atom. The molecule has 0 aliphatic carbocycles. The van der Waals surface area contributed by atoms with Gasteiger partial charge in [0.05, 0.1) is 10.5 Å². The Morgan fingerprint density at radius 2 is 1.94 bits per heavy atom. The van der Waals surface area contributed by atoms with Crippen molar-refractivity contribution in [1.29, 1.82) is 0 Å². The third-order valence-corrected chi connectivity index (χ3v) is 3.53. The molecule has 2 aromatic rings. The number of anilines is 1. The molecule has 0 atom stereocenters. The number of aromatic nitrogens is 1. The van der Waals surface area contributed by atoms with Crippen LogP contribution in [0.4, 0.5) is 5.69 Å². The van der Waals surface area contributed by atoms with Crippen molar-refractivity contribution >= 4 is 39.8 Å². The standard InChI is InChI=1S/C14H16Cl2N2/c1-4-10-8(3)18-14-11(13(10)17-5-2)6-9(15)7-12(14)16/h6-7H,4-5H2,1-3H3,(H,17,18). The van der Waals surface area contributed by atoms with Crippen molar-refractivity contribution in [2.75, 3.05) is 11.9 Å². The number of pyridine rings is 1. The molecule has 0 saturated carbocycles. The van der Waals surface area contributed by atoms with E-state index in [1.165, 1.54) is 5.56 Å². The van der Waals surface area contributed by atoms with Crippen LogP contribution >= 0.6 is 23.2 Å². The summed E-state index contributed by atoms with van der Waals surface area (Å²) in [6, 6.07) is 3.66. The van der Waals surface area contributed by atoms with Gasteiger partial charge in [-0.1, -0.05) is 30.1 Å². The van der Waals surface area contributed by atoms with Gasteiger partial charge in [0.2, 0.25) is 0 Å². The maximum Gasteiger partial charge on any atom is 0.0913 e. The number of aryl methyl sites for hydroxylation is 1. The van der Waals surface area contributed by atoms with Gasteiger partial charge in [0.15, 0.2) is 0 Å². The Morgan fingerprint density at radius 1 is 1.22 bits per heavy atom. The van der Waals surface area contributed by atoms with Gasteiger partial charge < -0.3 is 5.32 Å². The second-order valence-corrected chi connectivity index (χ2v) is 5.06. The van der Waals surface area contributed by atoms with Crippen molar-refractivity contribution in [1.82, 2.24) is 4.98 Å². The molecule has 0 radical (unpaired) electrons. The van der Waals surface area contributed by atoms with Crippen molar-refractivity contribution in [2.24, 2.45) is 0 Å². The molecule has 0 aliphatic rings. The summed E-state index contributed by atoms with van der Waals surface area (Å²) in [5, 5.41) is 5.64. The summed E-state index contributed by atoms with van der Waals surface area (Å²) >= 11 is 12.3. The second kappa shape index (κ2) is 5.33. The van der Waals surface area contributed by atoms with E-state index < -0.39 is 0 Å². The fourth-order valence-electron chi connectivity index (χ4n) is 2.26. The van der Waals surface area contributed by atoms with E-state index >= 15 is 0 Å². The highest BCUT2D eigenvalue weighted by molar-refractivity contribution is 6.38. The van der Waals surface area contributed by atoms with E-state index in [0.717, 1.165) is 35.2 Å². The molecule has 1 N–H and O–H groups in total. The quantitative estimate of drug-likeness (QED) is 0.871. The van der Waals surface area contributed by atoms with E-state index in [0.29, 0.717) is 10.0 Å². The molecule has 0 aliphatic heterocycles. The minimum Gasteiger partial charge on any atom is -0.384 e. The number of halogens is 2. The summed E-state index contributed by atoms with van der Waals surface area (Å²) < 4.78 is 0. The molecule has 96 valence electrons. The maximum atomic E-state index is 6.23. The fourth-order valence-corrected chi connectivity index (χ4v) is 2.80. The predicted molar refractivity (Wildman–Crippen MR) is 80.0 cm³/mol. The van der Waals surface area contributed by atoms with E-state index in [1.54, 1.807) is 6.07 Å². The molecule has 0 spiro atoms. The van der Waals surface area contributed by atoms with E-state index in [4.69, 9.17) is 23.2 Å². The molecule has 18 heavy (non-hydrogen) atoms. The zero-order chi connectivity index (χ0) is 13.3. The van der Waals surface area contributed by atoms with Crippen LogP contribution in [0.2, 0.25) is 10.0 Å². The van der Waals surface area contributed by atoms with Crippen molar-refractivity contribution in [3.63, 3.8) is 0 Å². The third-order valence-electron chi connectivity index (χ3n) is 3.02. The van der Waals surface area contributed by atoms with Crippen LogP contribution in [0, 0.1) is 6.92 Å². The number of benzene rings is 1. The minimum atomic E-state index is 0.599. The zero-order valence-corrected chi connectivity index (χ0v) is 12.3. The molecule has 0 bridgehead atoms. The van der Waals surface area contributed by atoms with Crippen LogP contribution in [0.3, 0.4) is 0 Å². The van der Waals surface area contributed by atoms with E-state index in [2.05, 4.69) is 24.1 Å². The monoisotopic (exact) mass is 282 g/mol. The molecule has 0 unspecified atom stereocenters. The van der Waals surface area contributed by atoms with Gasteiger partial charge in [-0.15, -0.1) is 0 Å². The lowest BCUT2D eigenvalue weighted by atomic mass is 10.0. The maximum absolute atomic E-state index is 6.23. The first-order valence-corrected chi connectivity index (χ1v) is 6.86. The fraction of sp³-hybridized carbons (Fsp3) is 0.357. The Balaban J connectivity index is 2.87. The van der Waals surface area contributed by atoms with Crippen molar-refractivity contribution in [3.8, 4) is 0 Å². The van der Waals surface area contributed by atoms with Gasteiger partial charge in [-0.2, -0.15) is 0 Å². The van der Waals surface area contributed by atoms with Crippen LogP contribution in [0.5, 0.6) is 0 Å². The molecular weight excluding hydrogens is 267 g/mol. The zero-order valence-electron chi connectivity index (χ0n) is 10.8. The van der Waals surface area contributed by atoms with Crippen LogP contribution in [-0.4, -0.2) is 11.5 Å². The lowest BCUT2D eigenvalue weighted by Crippen LogP contribution is -2.05. The Hall–Kier alpha value is -0.990. The molecule has 2 rings (SSSR count). The van der Waals surface area contributed by atoms with Crippen LogP contribution < -0.4 is 5.32 Å². The van der Waals surface area contributed by atoms with Crippen molar-refractivity contribution in [3.05, 3.63) is 33.4 Å². The molecule has 1 aromatic heterocycles. The minimum absolute atomic E-state index is 0.599. The topological polar surface area (TPSA) is 24.9 Å². The van der Waals surface area contributed by atoms with E-state index in [1.807, 2.05) is 13.0 Å². The number of rotatable bonds is 3. The lowest BCUT2D eigenvalue weighted by Gasteiger charge is -2.16. The first-order chi connectivity index (χ1) is 8.58. The summed E-state index contributed by atoms with van der Waals surface area (Å²) in [7, 11) is 0. The molecular formula is C14H16Cl2N2. The van der Waals surface area contributed by atoms with Gasteiger partial charge in [0.1, 0.15) is 0 Å². The Kier molecular flexibility index (Phi) is 3.98. The molecule has 1 aromatic carbocycles. The Bertz CT molecular complexity index is 594. The highest BCUT2D eigenvalue weighted by atomic mass is 35.5. The smallest absolute Gasteiger partial charge is 0.0913 e. The first-order valence-electron chi connectivity index (χ1n) is 6.10. The van der Waals surface area contributed by atoms with Crippen molar-refractivity contribution < 1.29 is 0 Å². The average Bonchev–Trinajstić information content (AvgIpc) is 2.31. The average molecular weight is 283 g/mol. The van der Waals surface area contributed by atoms with Crippen molar-refractivity contribution in [2.45, 2.75) is 27.2 Å². The van der Waals surface area contributed by atoms with Crippen LogP contribution in [-0.2, 0) is 6.42 Å². The van der Waals surface area contributed by atoms with Gasteiger partial charge in [-0.3, -0.25) is 4.98 Å². The number of nitrogens with one attached hydrogen (secondary N) is 1. The van der Waals surface area contributed by atoms with Gasteiger partial charge >= 0.3 is 0 Å². The Labute approximate surface area is 117 Å². The number of nitrogens with zero attached hydrogens (tertiary/aromatic N) is 1. The summed E-state index contributed by atoms with van der Waals surface area (Å²) in [5.41, 5.74) is 4.16. The molecule has 0 saturated heterocycles. The second-order valence-electron chi connectivity index (χ2n) is 4.22. The summed E-state index contributed by atoms with van der Waals surface area (Å²) in [6.07, 6.45) is 0.932. The molecule has 0 fully saturated rings. The molecule has 0 amide bonds. The number of hydrogen-bond acceptors (Lipinski definition) is 2. The lowest BCUT2D eigenvalue weighted by molar-refractivity contribution is 1.06. The molecule has 1 heterocycles. The molecule has 2 nitrogen and oxygen atoms in total. The van der Waals surface area contributed by atoms with E-state index in [-0.39, 0.29) is 0 Å². The van der Waals surface area contributed by atoms with Crippen LogP contribution in [0.25, 0.3) is 10.9 Å². The van der Waals surface area contributed by atoms with E-state index in [9.17, 15) is 0 Å². The van der Waals surface area contributed by atoms with Gasteiger partial charge in [0, 0.05) is 28.3 Å². The molecule has 4 heteroatoms. The highest BCUT2D eigenvalue weighted by Crippen LogP contribution is 2.34.